The van der Waals surface area contributed by atoms with Crippen molar-refractivity contribution in [3.8, 4) is 5.75 Å². The Labute approximate surface area is 165 Å². The lowest BCUT2D eigenvalue weighted by atomic mass is 10.2. The lowest BCUT2D eigenvalue weighted by Crippen LogP contribution is -2.54. The molecule has 3 heterocycles. The second-order valence-corrected chi connectivity index (χ2v) is 7.31. The smallest absolute Gasteiger partial charge is 0.236 e. The molecule has 1 aromatic carbocycles. The first-order valence-electron chi connectivity index (χ1n) is 9.90. The van der Waals surface area contributed by atoms with Crippen molar-refractivity contribution in [3.63, 3.8) is 0 Å². The van der Waals surface area contributed by atoms with Crippen molar-refractivity contribution in [2.75, 3.05) is 68.7 Å². The summed E-state index contributed by atoms with van der Waals surface area (Å²) in [5.41, 5.74) is 0.847. The third-order valence-electron chi connectivity index (χ3n) is 5.56. The van der Waals surface area contributed by atoms with E-state index in [1.807, 2.05) is 47.5 Å². The SMILES string of the molecule is O=C(CN1CCN(c2ccccn2)CC1)N1CCN(c2ccccc2O)CC1. The summed E-state index contributed by atoms with van der Waals surface area (Å²) in [6, 6.07) is 13.4. The van der Waals surface area contributed by atoms with Crippen LogP contribution in [0.3, 0.4) is 0 Å². The van der Waals surface area contributed by atoms with Crippen molar-refractivity contribution in [2.24, 2.45) is 0 Å². The van der Waals surface area contributed by atoms with E-state index < -0.39 is 0 Å². The number of phenolic OH excluding ortho intramolecular Hbond substituents is 1. The Morgan fingerprint density at radius 3 is 2.21 bits per heavy atom. The minimum atomic E-state index is 0.197. The fraction of sp³-hybridized carbons (Fsp3) is 0.429. The molecule has 1 amide bonds. The van der Waals surface area contributed by atoms with Crippen LogP contribution in [0.25, 0.3) is 0 Å². The lowest BCUT2D eigenvalue weighted by molar-refractivity contribution is -0.132. The van der Waals surface area contributed by atoms with Crippen molar-refractivity contribution in [3.05, 3.63) is 48.7 Å². The number of phenols is 1. The molecule has 2 aliphatic heterocycles. The van der Waals surface area contributed by atoms with Gasteiger partial charge in [0.05, 0.1) is 12.2 Å². The first-order valence-corrected chi connectivity index (χ1v) is 9.90. The van der Waals surface area contributed by atoms with Crippen molar-refractivity contribution < 1.29 is 9.90 Å². The quantitative estimate of drug-likeness (QED) is 0.860. The van der Waals surface area contributed by atoms with E-state index in [1.54, 1.807) is 6.07 Å². The van der Waals surface area contributed by atoms with Gasteiger partial charge in [-0.1, -0.05) is 18.2 Å². The highest BCUT2D eigenvalue weighted by molar-refractivity contribution is 5.78. The number of anilines is 2. The average Bonchev–Trinajstić information content (AvgIpc) is 2.75. The van der Waals surface area contributed by atoms with E-state index in [0.29, 0.717) is 25.4 Å². The largest absolute Gasteiger partial charge is 0.506 e. The Kier molecular flexibility index (Phi) is 5.62. The van der Waals surface area contributed by atoms with E-state index in [2.05, 4.69) is 19.7 Å². The molecule has 7 heteroatoms. The Morgan fingerprint density at radius 1 is 0.857 bits per heavy atom. The second-order valence-electron chi connectivity index (χ2n) is 7.31. The predicted octanol–water partition coefficient (Wildman–Crippen LogP) is 1.26. The van der Waals surface area contributed by atoms with Gasteiger partial charge in [-0.2, -0.15) is 0 Å². The number of nitrogens with zero attached hydrogens (tertiary/aromatic N) is 5. The van der Waals surface area contributed by atoms with Gasteiger partial charge >= 0.3 is 0 Å². The summed E-state index contributed by atoms with van der Waals surface area (Å²) in [6.45, 7) is 6.90. The number of amides is 1. The van der Waals surface area contributed by atoms with Crippen LogP contribution in [-0.2, 0) is 4.79 Å². The zero-order chi connectivity index (χ0) is 19.3. The number of pyridine rings is 1. The maximum Gasteiger partial charge on any atom is 0.236 e. The second kappa shape index (κ2) is 8.48. The fourth-order valence-corrected chi connectivity index (χ4v) is 3.90. The van der Waals surface area contributed by atoms with Crippen molar-refractivity contribution in [2.45, 2.75) is 0 Å². The van der Waals surface area contributed by atoms with Crippen molar-refractivity contribution >= 4 is 17.4 Å². The van der Waals surface area contributed by atoms with Gasteiger partial charge in [-0.25, -0.2) is 4.98 Å². The molecule has 0 spiro atoms. The standard InChI is InChI=1S/C21H27N5O2/c27-19-6-2-1-5-18(19)24-13-15-26(16-14-24)21(28)17-23-9-11-25(12-10-23)20-7-3-4-8-22-20/h1-8,27H,9-17H2. The molecule has 7 nitrogen and oxygen atoms in total. The Morgan fingerprint density at radius 2 is 1.54 bits per heavy atom. The van der Waals surface area contributed by atoms with Gasteiger partial charge in [0, 0.05) is 58.6 Å². The zero-order valence-corrected chi connectivity index (χ0v) is 16.1. The molecule has 148 valence electrons. The third kappa shape index (κ3) is 4.20. The average molecular weight is 381 g/mol. The lowest BCUT2D eigenvalue weighted by Gasteiger charge is -2.39. The van der Waals surface area contributed by atoms with Gasteiger partial charge in [0.15, 0.2) is 0 Å². The number of aromatic hydroxyl groups is 1. The summed E-state index contributed by atoms with van der Waals surface area (Å²) in [6.07, 6.45) is 1.82. The van der Waals surface area contributed by atoms with Gasteiger partial charge in [0.25, 0.3) is 0 Å². The van der Waals surface area contributed by atoms with Gasteiger partial charge in [-0.05, 0) is 24.3 Å². The molecule has 2 aliphatic rings. The monoisotopic (exact) mass is 381 g/mol. The Bertz CT molecular complexity index is 784. The molecule has 28 heavy (non-hydrogen) atoms. The molecule has 2 aromatic rings. The van der Waals surface area contributed by atoms with Crippen LogP contribution < -0.4 is 9.80 Å². The molecule has 0 unspecified atom stereocenters. The number of hydrogen-bond donors (Lipinski definition) is 1. The zero-order valence-electron chi connectivity index (χ0n) is 16.1. The first kappa shape index (κ1) is 18.6. The number of piperazine rings is 2. The maximum absolute atomic E-state index is 12.7. The number of para-hydroxylation sites is 2. The molecule has 0 radical (unpaired) electrons. The van der Waals surface area contributed by atoms with Crippen LogP contribution in [0.2, 0.25) is 0 Å². The van der Waals surface area contributed by atoms with Crippen LogP contribution in [0.15, 0.2) is 48.7 Å². The number of carbonyl (C=O) groups excluding carboxylic acids is 1. The summed E-state index contributed by atoms with van der Waals surface area (Å²) in [5, 5.41) is 10.0. The van der Waals surface area contributed by atoms with E-state index in [-0.39, 0.29) is 5.91 Å². The van der Waals surface area contributed by atoms with Gasteiger partial charge in [-0.3, -0.25) is 9.69 Å². The van der Waals surface area contributed by atoms with Crippen LogP contribution >= 0.6 is 0 Å². The van der Waals surface area contributed by atoms with E-state index in [1.165, 1.54) is 0 Å². The van der Waals surface area contributed by atoms with Crippen LogP contribution in [0.1, 0.15) is 0 Å². The molecule has 1 aromatic heterocycles. The van der Waals surface area contributed by atoms with Crippen molar-refractivity contribution in [1.82, 2.24) is 14.8 Å². The fourth-order valence-electron chi connectivity index (χ4n) is 3.90. The summed E-state index contributed by atoms with van der Waals surface area (Å²) in [5.74, 6) is 1.50. The van der Waals surface area contributed by atoms with E-state index in [4.69, 9.17) is 0 Å². The molecular weight excluding hydrogens is 354 g/mol. The topological polar surface area (TPSA) is 63.2 Å². The van der Waals surface area contributed by atoms with Gasteiger partial charge < -0.3 is 19.8 Å². The summed E-state index contributed by atoms with van der Waals surface area (Å²) >= 11 is 0. The number of aromatic nitrogens is 1. The molecule has 2 fully saturated rings. The molecule has 1 N–H and O–H groups in total. The molecule has 0 aliphatic carbocycles. The Hall–Kier alpha value is -2.80. The normalized spacial score (nSPS) is 18.4. The predicted molar refractivity (Wildman–Crippen MR) is 110 cm³/mol. The van der Waals surface area contributed by atoms with Crippen LogP contribution in [0, 0.1) is 0 Å². The molecule has 4 rings (SSSR count). The van der Waals surface area contributed by atoms with Crippen LogP contribution in [0.4, 0.5) is 11.5 Å². The van der Waals surface area contributed by atoms with E-state index in [9.17, 15) is 9.90 Å². The first-order chi connectivity index (χ1) is 13.7. The minimum Gasteiger partial charge on any atom is -0.506 e. The minimum absolute atomic E-state index is 0.197. The number of hydrogen-bond acceptors (Lipinski definition) is 6. The molecule has 0 atom stereocenters. The number of benzene rings is 1. The van der Waals surface area contributed by atoms with Crippen LogP contribution in [0.5, 0.6) is 5.75 Å². The third-order valence-corrected chi connectivity index (χ3v) is 5.56. The molecular formula is C21H27N5O2. The van der Waals surface area contributed by atoms with E-state index in [0.717, 1.165) is 50.8 Å². The summed E-state index contributed by atoms with van der Waals surface area (Å²) < 4.78 is 0. The van der Waals surface area contributed by atoms with Crippen molar-refractivity contribution in [1.29, 1.82) is 0 Å². The van der Waals surface area contributed by atoms with E-state index >= 15 is 0 Å². The summed E-state index contributed by atoms with van der Waals surface area (Å²) in [4.78, 5) is 25.7. The molecule has 0 bridgehead atoms. The molecule has 0 saturated carbocycles. The highest BCUT2D eigenvalue weighted by Crippen LogP contribution is 2.27. The maximum atomic E-state index is 12.7. The van der Waals surface area contributed by atoms with Gasteiger partial charge in [-0.15, -0.1) is 0 Å². The number of rotatable bonds is 4. The summed E-state index contributed by atoms with van der Waals surface area (Å²) in [7, 11) is 0. The number of carbonyl (C=O) groups is 1. The highest BCUT2D eigenvalue weighted by Gasteiger charge is 2.25. The van der Waals surface area contributed by atoms with Gasteiger partial charge in [0.2, 0.25) is 5.91 Å². The van der Waals surface area contributed by atoms with Crippen LogP contribution in [-0.4, -0.2) is 84.7 Å². The highest BCUT2D eigenvalue weighted by atomic mass is 16.3. The van der Waals surface area contributed by atoms with Gasteiger partial charge in [0.1, 0.15) is 11.6 Å². The Balaban J connectivity index is 1.24. The molecule has 2 saturated heterocycles.